The summed E-state index contributed by atoms with van der Waals surface area (Å²) in [7, 11) is 1.68. The molecule has 1 heterocycles. The Hall–Kier alpha value is -1.87. The van der Waals surface area contributed by atoms with E-state index in [1.54, 1.807) is 7.11 Å². The molecule has 1 aromatic heterocycles. The van der Waals surface area contributed by atoms with Gasteiger partial charge in [-0.2, -0.15) is 5.26 Å². The molecule has 1 aromatic carbocycles. The van der Waals surface area contributed by atoms with Gasteiger partial charge in [-0.15, -0.1) is 0 Å². The van der Waals surface area contributed by atoms with E-state index in [-0.39, 0.29) is 5.92 Å². The van der Waals surface area contributed by atoms with Crippen molar-refractivity contribution < 1.29 is 4.74 Å². The molecule has 0 aliphatic heterocycles. The van der Waals surface area contributed by atoms with Gasteiger partial charge in [0.25, 0.3) is 0 Å². The summed E-state index contributed by atoms with van der Waals surface area (Å²) in [6, 6.07) is 8.37. The molecule has 0 spiro atoms. The first kappa shape index (κ1) is 14.1. The number of halogens is 1. The third-order valence-corrected chi connectivity index (χ3v) is 4.35. The molecule has 2 aromatic rings. The number of ether oxygens (including phenoxy) is 1. The molecule has 0 N–H and O–H groups in total. The number of methoxy groups -OCH3 is 1. The van der Waals surface area contributed by atoms with Crippen LogP contribution in [-0.2, 0) is 0 Å². The van der Waals surface area contributed by atoms with Crippen LogP contribution >= 0.6 is 22.6 Å². The van der Waals surface area contributed by atoms with Crippen LogP contribution in [0.1, 0.15) is 12.0 Å². The largest absolute Gasteiger partial charge is 0.495 e. The summed E-state index contributed by atoms with van der Waals surface area (Å²) in [6.45, 7) is 0. The number of allylic oxidation sites excluding steroid dienone is 4. The molecule has 1 atom stereocenters. The van der Waals surface area contributed by atoms with Gasteiger partial charge in [0.2, 0.25) is 0 Å². The van der Waals surface area contributed by atoms with Gasteiger partial charge in [-0.05, 0) is 40.7 Å². The fourth-order valence-electron chi connectivity index (χ4n) is 2.53. The Labute approximate surface area is 137 Å². The summed E-state index contributed by atoms with van der Waals surface area (Å²) < 4.78 is 6.50. The molecule has 3 nitrogen and oxygen atoms in total. The molecule has 104 valence electrons. The molecule has 4 heteroatoms. The van der Waals surface area contributed by atoms with Crippen LogP contribution in [0.5, 0.6) is 5.75 Å². The number of nitrogens with zero attached hydrogens (tertiary/aromatic N) is 2. The van der Waals surface area contributed by atoms with Crippen LogP contribution in [-0.4, -0.2) is 12.1 Å². The van der Waals surface area contributed by atoms with Gasteiger partial charge >= 0.3 is 0 Å². The Morgan fingerprint density at radius 3 is 2.95 bits per heavy atom. The maximum Gasteiger partial charge on any atom is 0.143 e. The smallest absolute Gasteiger partial charge is 0.143 e. The highest BCUT2D eigenvalue weighted by Crippen LogP contribution is 2.34. The Kier molecular flexibility index (Phi) is 3.93. The minimum absolute atomic E-state index is 0.0211. The SMILES string of the molecule is COc1c(I)cnc2c(C3=CCC(C#N)C=C3)cccc12. The monoisotopic (exact) mass is 388 g/mol. The summed E-state index contributed by atoms with van der Waals surface area (Å²) in [6.07, 6.45) is 8.65. The second-order valence-corrected chi connectivity index (χ2v) is 5.99. The first-order chi connectivity index (χ1) is 10.2. The highest BCUT2D eigenvalue weighted by Gasteiger charge is 2.14. The number of aromatic nitrogens is 1. The van der Waals surface area contributed by atoms with Crippen LogP contribution in [0, 0.1) is 20.8 Å². The van der Waals surface area contributed by atoms with E-state index in [0.717, 1.165) is 37.8 Å². The average molecular weight is 388 g/mol. The lowest BCUT2D eigenvalue weighted by atomic mass is 9.92. The van der Waals surface area contributed by atoms with E-state index >= 15 is 0 Å². The van der Waals surface area contributed by atoms with Crippen molar-refractivity contribution in [3.05, 3.63) is 51.8 Å². The number of pyridine rings is 1. The quantitative estimate of drug-likeness (QED) is 0.720. The maximum atomic E-state index is 8.96. The van der Waals surface area contributed by atoms with Crippen molar-refractivity contribution in [2.75, 3.05) is 7.11 Å². The third-order valence-electron chi connectivity index (χ3n) is 3.59. The van der Waals surface area contributed by atoms with Crippen LogP contribution in [0.25, 0.3) is 16.5 Å². The van der Waals surface area contributed by atoms with Gasteiger partial charge in [-0.3, -0.25) is 4.98 Å². The van der Waals surface area contributed by atoms with Crippen LogP contribution < -0.4 is 4.74 Å². The summed E-state index contributed by atoms with van der Waals surface area (Å²) in [4.78, 5) is 4.58. The Morgan fingerprint density at radius 2 is 2.29 bits per heavy atom. The fourth-order valence-corrected chi connectivity index (χ4v) is 3.18. The van der Waals surface area contributed by atoms with E-state index in [1.807, 2.05) is 30.5 Å². The van der Waals surface area contributed by atoms with E-state index < -0.39 is 0 Å². The zero-order chi connectivity index (χ0) is 14.8. The van der Waals surface area contributed by atoms with Crippen molar-refractivity contribution in [3.63, 3.8) is 0 Å². The topological polar surface area (TPSA) is 45.9 Å². The Bertz CT molecular complexity index is 802. The third kappa shape index (κ3) is 2.54. The van der Waals surface area contributed by atoms with Gasteiger partial charge < -0.3 is 4.74 Å². The van der Waals surface area contributed by atoms with Gasteiger partial charge in [0, 0.05) is 17.1 Å². The van der Waals surface area contributed by atoms with Crippen molar-refractivity contribution in [2.24, 2.45) is 5.92 Å². The summed E-state index contributed by atoms with van der Waals surface area (Å²) in [5.74, 6) is 0.838. The molecule has 21 heavy (non-hydrogen) atoms. The molecule has 0 radical (unpaired) electrons. The van der Waals surface area contributed by atoms with Crippen molar-refractivity contribution >= 4 is 39.1 Å². The number of nitriles is 1. The van der Waals surface area contributed by atoms with Gasteiger partial charge in [-0.1, -0.05) is 30.4 Å². The lowest BCUT2D eigenvalue weighted by Crippen LogP contribution is -1.98. The summed E-state index contributed by atoms with van der Waals surface area (Å²) in [5.41, 5.74) is 3.12. The second kappa shape index (κ2) is 5.86. The molecule has 0 bridgehead atoms. The van der Waals surface area contributed by atoms with Crippen LogP contribution in [0.15, 0.2) is 42.6 Å². The minimum Gasteiger partial charge on any atom is -0.495 e. The molecule has 1 unspecified atom stereocenters. The van der Waals surface area contributed by atoms with Gasteiger partial charge in [0.1, 0.15) is 5.75 Å². The highest BCUT2D eigenvalue weighted by molar-refractivity contribution is 14.1. The number of hydrogen-bond acceptors (Lipinski definition) is 3. The highest BCUT2D eigenvalue weighted by atomic mass is 127. The summed E-state index contributed by atoms with van der Waals surface area (Å²) >= 11 is 2.23. The molecule has 0 fully saturated rings. The number of fused-ring (bicyclic) bond motifs is 1. The Balaban J connectivity index is 2.16. The van der Waals surface area contributed by atoms with Crippen LogP contribution in [0.3, 0.4) is 0 Å². The molecule has 1 aliphatic carbocycles. The maximum absolute atomic E-state index is 8.96. The standard InChI is InChI=1S/C17H13IN2O/c1-21-17-14-4-2-3-13(16(14)20-10-15(17)18)12-7-5-11(9-19)6-8-12/h2-5,7-8,10-11H,6H2,1H3. The lowest BCUT2D eigenvalue weighted by molar-refractivity contribution is 0.416. The van der Waals surface area contributed by atoms with Crippen molar-refractivity contribution in [1.82, 2.24) is 4.98 Å². The average Bonchev–Trinajstić information content (AvgIpc) is 2.54. The molecule has 0 saturated carbocycles. The minimum atomic E-state index is -0.0211. The van der Waals surface area contributed by atoms with E-state index in [4.69, 9.17) is 10.00 Å². The van der Waals surface area contributed by atoms with E-state index in [1.165, 1.54) is 0 Å². The fraction of sp³-hybridized carbons (Fsp3) is 0.176. The number of rotatable bonds is 2. The predicted molar refractivity (Wildman–Crippen MR) is 91.8 cm³/mol. The number of hydrogen-bond donors (Lipinski definition) is 0. The second-order valence-electron chi connectivity index (χ2n) is 4.83. The van der Waals surface area contributed by atoms with E-state index in [2.05, 4.69) is 45.8 Å². The first-order valence-electron chi connectivity index (χ1n) is 6.64. The molecule has 3 rings (SSSR count). The zero-order valence-corrected chi connectivity index (χ0v) is 13.7. The molecular formula is C17H13IN2O. The molecule has 0 amide bonds. The number of benzene rings is 1. The Morgan fingerprint density at radius 1 is 1.43 bits per heavy atom. The zero-order valence-electron chi connectivity index (χ0n) is 11.5. The van der Waals surface area contributed by atoms with Crippen LogP contribution in [0.2, 0.25) is 0 Å². The van der Waals surface area contributed by atoms with E-state index in [0.29, 0.717) is 0 Å². The van der Waals surface area contributed by atoms with Gasteiger partial charge in [0.05, 0.1) is 28.2 Å². The molecule has 0 saturated heterocycles. The lowest BCUT2D eigenvalue weighted by Gasteiger charge is -2.14. The van der Waals surface area contributed by atoms with Gasteiger partial charge in [-0.25, -0.2) is 0 Å². The molecule has 1 aliphatic rings. The predicted octanol–water partition coefficient (Wildman–Crippen LogP) is 4.33. The first-order valence-corrected chi connectivity index (χ1v) is 7.72. The normalized spacial score (nSPS) is 17.4. The number of para-hydroxylation sites is 1. The van der Waals surface area contributed by atoms with Gasteiger partial charge in [0.15, 0.2) is 0 Å². The van der Waals surface area contributed by atoms with Crippen molar-refractivity contribution in [3.8, 4) is 11.8 Å². The van der Waals surface area contributed by atoms with Crippen molar-refractivity contribution in [2.45, 2.75) is 6.42 Å². The van der Waals surface area contributed by atoms with Crippen molar-refractivity contribution in [1.29, 1.82) is 5.26 Å². The van der Waals surface area contributed by atoms with E-state index in [9.17, 15) is 0 Å². The molecular weight excluding hydrogens is 375 g/mol. The van der Waals surface area contributed by atoms with Crippen LogP contribution in [0.4, 0.5) is 0 Å². The summed E-state index contributed by atoms with van der Waals surface area (Å²) in [5, 5.41) is 9.97.